The second kappa shape index (κ2) is 11.1. The third-order valence-electron chi connectivity index (χ3n) is 9.82. The van der Waals surface area contributed by atoms with E-state index in [1.54, 1.807) is 0 Å². The van der Waals surface area contributed by atoms with Gasteiger partial charge in [0, 0.05) is 56.9 Å². The molecule has 0 bridgehead atoms. The first-order valence-corrected chi connectivity index (χ1v) is 16.1. The van der Waals surface area contributed by atoms with Crippen LogP contribution in [0.4, 0.5) is 0 Å². The van der Waals surface area contributed by atoms with E-state index in [-0.39, 0.29) is 45.5 Å². The Bertz CT molecular complexity index is 2550. The molecule has 0 radical (unpaired) electrons. The van der Waals surface area contributed by atoms with Gasteiger partial charge >= 0.3 is 0 Å². The van der Waals surface area contributed by atoms with E-state index in [2.05, 4.69) is 0 Å². The topological polar surface area (TPSA) is 129 Å². The van der Waals surface area contributed by atoms with Gasteiger partial charge in [-0.3, -0.25) is 0 Å². The van der Waals surface area contributed by atoms with Crippen molar-refractivity contribution in [1.82, 2.24) is 9.13 Å². The maximum atomic E-state index is 11.5. The Kier molecular flexibility index (Phi) is 6.57. The smallest absolute Gasteiger partial charge is 0.136 e. The second-order valence-electron chi connectivity index (χ2n) is 12.5. The predicted molar refractivity (Wildman–Crippen MR) is 192 cm³/mol. The molecule has 2 unspecified atom stereocenters. The first-order chi connectivity index (χ1) is 24.4. The lowest BCUT2D eigenvalue weighted by molar-refractivity contribution is -0.298. The van der Waals surface area contributed by atoms with E-state index in [1.165, 1.54) is 31.4 Å². The number of benzene rings is 6. The molecular weight excluding hydrogens is 632 g/mol. The molecule has 2 atom stereocenters. The van der Waals surface area contributed by atoms with Crippen LogP contribution in [0.5, 0.6) is 23.0 Å². The Morgan fingerprint density at radius 1 is 0.500 bits per heavy atom. The first-order valence-electron chi connectivity index (χ1n) is 16.1. The molecule has 0 saturated carbocycles. The normalized spacial score (nSPS) is 16.2. The molecule has 246 valence electrons. The molecule has 0 fully saturated rings. The number of hydrogen-bond acceptors (Lipinski definition) is 7. The first kappa shape index (κ1) is 29.7. The van der Waals surface area contributed by atoms with E-state index in [9.17, 15) is 25.5 Å². The quantitative estimate of drug-likeness (QED) is 0.0890. The van der Waals surface area contributed by atoms with Gasteiger partial charge in [-0.25, -0.2) is 9.78 Å². The molecule has 1 aliphatic carbocycles. The fourth-order valence-electron chi connectivity index (χ4n) is 7.75. The maximum Gasteiger partial charge on any atom is 0.136 e. The van der Waals surface area contributed by atoms with E-state index >= 15 is 0 Å². The van der Waals surface area contributed by atoms with Crippen molar-refractivity contribution in [2.45, 2.75) is 12.0 Å². The van der Waals surface area contributed by atoms with Crippen LogP contribution in [0.3, 0.4) is 0 Å². The average Bonchev–Trinajstić information content (AvgIpc) is 3.64. The summed E-state index contributed by atoms with van der Waals surface area (Å²) in [6, 6.07) is 37.6. The Labute approximate surface area is 284 Å². The van der Waals surface area contributed by atoms with Crippen molar-refractivity contribution in [1.29, 1.82) is 0 Å². The van der Waals surface area contributed by atoms with Gasteiger partial charge in [0.25, 0.3) is 0 Å². The number of para-hydroxylation sites is 4. The zero-order valence-electron chi connectivity index (χ0n) is 26.6. The standard InChI is InChI=1S/C41H30N2O7/c1-49-50-41-38(36-32(44)18-22(19-33(36)45)42-28-14-6-2-10-24(28)25-11-3-7-15-29(25)42)40(48)39(41)37-34(46)20-23(21-35(37)47)43-30-16-8-4-12-26(30)27-13-5-9-17-31(27)43/h2-21,38,41,44-48H,1H3. The van der Waals surface area contributed by atoms with Crippen LogP contribution in [0.2, 0.25) is 0 Å². The lowest BCUT2D eigenvalue weighted by Crippen LogP contribution is -2.36. The summed E-state index contributed by atoms with van der Waals surface area (Å²) in [6.45, 7) is 0. The largest absolute Gasteiger partial charge is 0.511 e. The van der Waals surface area contributed by atoms with Crippen molar-refractivity contribution in [2.24, 2.45) is 0 Å². The number of aromatic nitrogens is 2. The third kappa shape index (κ3) is 4.14. The number of aromatic hydroxyl groups is 4. The molecule has 5 N–H and O–H groups in total. The highest BCUT2D eigenvalue weighted by Crippen LogP contribution is 2.56. The fraction of sp³-hybridized carbons (Fsp3) is 0.0732. The molecule has 0 aliphatic heterocycles. The highest BCUT2D eigenvalue weighted by Gasteiger charge is 2.48. The molecule has 2 aromatic heterocycles. The van der Waals surface area contributed by atoms with Crippen molar-refractivity contribution in [3.63, 3.8) is 0 Å². The van der Waals surface area contributed by atoms with Crippen molar-refractivity contribution >= 4 is 49.2 Å². The molecule has 50 heavy (non-hydrogen) atoms. The molecule has 8 aromatic rings. The van der Waals surface area contributed by atoms with Gasteiger partial charge in [-0.05, 0) is 24.3 Å². The molecule has 0 saturated heterocycles. The molecule has 6 aromatic carbocycles. The minimum absolute atomic E-state index is 0.0127. The van der Waals surface area contributed by atoms with Gasteiger partial charge in [0.1, 0.15) is 34.9 Å². The van der Waals surface area contributed by atoms with Gasteiger partial charge in [-0.15, -0.1) is 0 Å². The van der Waals surface area contributed by atoms with Crippen LogP contribution in [0.25, 0.3) is 60.6 Å². The number of hydrogen-bond donors (Lipinski definition) is 5. The minimum Gasteiger partial charge on any atom is -0.511 e. The summed E-state index contributed by atoms with van der Waals surface area (Å²) >= 11 is 0. The van der Waals surface area contributed by atoms with Crippen LogP contribution in [-0.4, -0.2) is 47.9 Å². The van der Waals surface area contributed by atoms with Gasteiger partial charge in [0.15, 0.2) is 0 Å². The average molecular weight is 663 g/mol. The molecule has 9 rings (SSSR count). The third-order valence-corrected chi connectivity index (χ3v) is 9.82. The monoisotopic (exact) mass is 662 g/mol. The van der Waals surface area contributed by atoms with Crippen molar-refractivity contribution < 1.29 is 35.3 Å². The highest BCUT2D eigenvalue weighted by atomic mass is 17.2. The van der Waals surface area contributed by atoms with Crippen LogP contribution >= 0.6 is 0 Å². The molecule has 1 aliphatic rings. The lowest BCUT2D eigenvalue weighted by atomic mass is 9.72. The summed E-state index contributed by atoms with van der Waals surface area (Å²) in [4.78, 5) is 10.6. The summed E-state index contributed by atoms with van der Waals surface area (Å²) in [7, 11) is 1.29. The molecule has 0 amide bonds. The van der Waals surface area contributed by atoms with Gasteiger partial charge < -0.3 is 34.7 Å². The number of aliphatic hydroxyl groups is 1. The van der Waals surface area contributed by atoms with Gasteiger partial charge in [-0.2, -0.15) is 0 Å². The number of fused-ring (bicyclic) bond motifs is 6. The summed E-state index contributed by atoms with van der Waals surface area (Å²) < 4.78 is 3.90. The van der Waals surface area contributed by atoms with Crippen LogP contribution < -0.4 is 0 Å². The number of aliphatic hydroxyl groups excluding tert-OH is 1. The van der Waals surface area contributed by atoms with Crippen LogP contribution in [0.1, 0.15) is 17.0 Å². The van der Waals surface area contributed by atoms with Crippen LogP contribution in [0, 0.1) is 0 Å². The maximum absolute atomic E-state index is 11.5. The molecule has 2 heterocycles. The van der Waals surface area contributed by atoms with Crippen molar-refractivity contribution in [3.8, 4) is 34.4 Å². The van der Waals surface area contributed by atoms with E-state index in [1.807, 2.05) is 106 Å². The highest BCUT2D eigenvalue weighted by molar-refractivity contribution is 6.10. The summed E-state index contributed by atoms with van der Waals surface area (Å²) in [5, 5.41) is 61.3. The predicted octanol–water partition coefficient (Wildman–Crippen LogP) is 8.72. The minimum atomic E-state index is -1.10. The SMILES string of the molecule is COOC1C(c2c(O)cc(-n3c4ccccc4c4ccccc43)cc2O)=C(O)C1c1c(O)cc(-n2c3ccccc3c3ccccc32)cc1O. The Hall–Kier alpha value is -6.42. The summed E-state index contributed by atoms with van der Waals surface area (Å²) in [5.41, 5.74) is 4.62. The Morgan fingerprint density at radius 3 is 1.24 bits per heavy atom. The molecular formula is C41H30N2O7. The number of rotatable bonds is 6. The Balaban J connectivity index is 1.15. The number of phenols is 4. The van der Waals surface area contributed by atoms with Gasteiger partial charge in [0.2, 0.25) is 0 Å². The second-order valence-corrected chi connectivity index (χ2v) is 12.5. The zero-order chi connectivity index (χ0) is 34.3. The Morgan fingerprint density at radius 2 is 0.860 bits per heavy atom. The molecule has 9 heteroatoms. The van der Waals surface area contributed by atoms with Crippen molar-refractivity contribution in [3.05, 3.63) is 138 Å². The van der Waals surface area contributed by atoms with E-state index < -0.39 is 12.0 Å². The van der Waals surface area contributed by atoms with Crippen LogP contribution in [0.15, 0.2) is 127 Å². The van der Waals surface area contributed by atoms with E-state index in [0.717, 1.165) is 43.6 Å². The summed E-state index contributed by atoms with van der Waals surface area (Å²) in [5.74, 6) is -2.55. The summed E-state index contributed by atoms with van der Waals surface area (Å²) in [6.07, 6.45) is -1.10. The zero-order valence-corrected chi connectivity index (χ0v) is 26.6. The number of nitrogens with zero attached hydrogens (tertiary/aromatic N) is 2. The van der Waals surface area contributed by atoms with Crippen LogP contribution in [-0.2, 0) is 9.78 Å². The van der Waals surface area contributed by atoms with E-state index in [0.29, 0.717) is 11.4 Å². The van der Waals surface area contributed by atoms with E-state index in [4.69, 9.17) is 9.78 Å². The lowest BCUT2D eigenvalue weighted by Gasteiger charge is -2.38. The van der Waals surface area contributed by atoms with Crippen molar-refractivity contribution in [2.75, 3.05) is 7.11 Å². The molecule has 0 spiro atoms. The van der Waals surface area contributed by atoms with Gasteiger partial charge in [0.05, 0.1) is 52.0 Å². The number of phenolic OH excluding ortho intramolecular Hbond substituents is 4. The molecule has 9 nitrogen and oxygen atoms in total. The van der Waals surface area contributed by atoms with Gasteiger partial charge in [-0.1, -0.05) is 72.8 Å². The fourth-order valence-corrected chi connectivity index (χ4v) is 7.75.